The topological polar surface area (TPSA) is 54.5 Å². The number of hydrogen-bond donors (Lipinski definition) is 1. The molecule has 0 aliphatic carbocycles. The van der Waals surface area contributed by atoms with E-state index in [1.54, 1.807) is 0 Å². The van der Waals surface area contributed by atoms with E-state index in [-0.39, 0.29) is 12.5 Å². The molecule has 2 heterocycles. The molecular formula is C25H29N3O2. The van der Waals surface area contributed by atoms with Gasteiger partial charge in [-0.1, -0.05) is 38.1 Å². The zero-order valence-corrected chi connectivity index (χ0v) is 17.7. The standard InChI is InChI=1S/C25H29N3O2/c1-3-19-7-10-21(11-8-19)26-24(29)17-30-22-6-4-5-20-9-12-23(27-25(20)22)28-15-13-18(2)14-16-28/h4-12,18H,3,13-17H2,1-2H3,(H,26,29). The van der Waals surface area contributed by atoms with E-state index in [1.807, 2.05) is 42.5 Å². The minimum atomic E-state index is -0.183. The van der Waals surface area contributed by atoms with Crippen molar-refractivity contribution >= 4 is 28.3 Å². The van der Waals surface area contributed by atoms with Crippen LogP contribution in [0.5, 0.6) is 5.75 Å². The highest BCUT2D eigenvalue weighted by Gasteiger charge is 2.18. The number of nitrogens with zero attached hydrogens (tertiary/aromatic N) is 2. The molecule has 0 atom stereocenters. The number of anilines is 2. The van der Waals surface area contributed by atoms with Crippen molar-refractivity contribution in [3.63, 3.8) is 0 Å². The number of ether oxygens (including phenoxy) is 1. The third-order valence-corrected chi connectivity index (χ3v) is 5.78. The van der Waals surface area contributed by atoms with Gasteiger partial charge in [-0.05, 0) is 61.1 Å². The average Bonchev–Trinajstić information content (AvgIpc) is 2.78. The maximum Gasteiger partial charge on any atom is 0.262 e. The van der Waals surface area contributed by atoms with Crippen molar-refractivity contribution in [3.8, 4) is 5.75 Å². The molecule has 5 nitrogen and oxygen atoms in total. The number of para-hydroxylation sites is 1. The van der Waals surface area contributed by atoms with E-state index in [9.17, 15) is 4.79 Å². The van der Waals surface area contributed by atoms with Crippen LogP contribution in [-0.2, 0) is 11.2 Å². The number of aryl methyl sites for hydroxylation is 1. The zero-order valence-electron chi connectivity index (χ0n) is 17.7. The Morgan fingerprint density at radius 3 is 2.60 bits per heavy atom. The molecule has 0 bridgehead atoms. The fourth-order valence-electron chi connectivity index (χ4n) is 3.80. The summed E-state index contributed by atoms with van der Waals surface area (Å²) in [5.41, 5.74) is 2.82. The third-order valence-electron chi connectivity index (χ3n) is 5.78. The maximum absolute atomic E-state index is 12.4. The molecule has 0 saturated carbocycles. The second kappa shape index (κ2) is 9.16. The van der Waals surface area contributed by atoms with Gasteiger partial charge in [0.15, 0.2) is 6.61 Å². The average molecular weight is 404 g/mol. The fraction of sp³-hybridized carbons (Fsp3) is 0.360. The Hall–Kier alpha value is -3.08. The number of piperidine rings is 1. The lowest BCUT2D eigenvalue weighted by molar-refractivity contribution is -0.118. The van der Waals surface area contributed by atoms with Crippen molar-refractivity contribution in [2.75, 3.05) is 29.9 Å². The Bertz CT molecular complexity index is 1010. The molecule has 1 aliphatic heterocycles. The molecule has 4 rings (SSSR count). The number of pyridine rings is 1. The second-order valence-electron chi connectivity index (χ2n) is 8.05. The lowest BCUT2D eigenvalue weighted by Gasteiger charge is -2.31. The highest BCUT2D eigenvalue weighted by molar-refractivity contribution is 5.92. The molecule has 30 heavy (non-hydrogen) atoms. The number of carbonyl (C=O) groups is 1. The molecular weight excluding hydrogens is 374 g/mol. The number of amides is 1. The maximum atomic E-state index is 12.4. The van der Waals surface area contributed by atoms with E-state index < -0.39 is 0 Å². The second-order valence-corrected chi connectivity index (χ2v) is 8.05. The van der Waals surface area contributed by atoms with Gasteiger partial charge in [0.05, 0.1) is 0 Å². The SMILES string of the molecule is CCc1ccc(NC(=O)COc2cccc3ccc(N4CCC(C)CC4)nc23)cc1. The molecule has 5 heteroatoms. The number of hydrogen-bond acceptors (Lipinski definition) is 4. The highest BCUT2D eigenvalue weighted by Crippen LogP contribution is 2.28. The molecule has 2 aromatic carbocycles. The number of aromatic nitrogens is 1. The zero-order chi connectivity index (χ0) is 20.9. The summed E-state index contributed by atoms with van der Waals surface area (Å²) < 4.78 is 5.86. The van der Waals surface area contributed by atoms with Gasteiger partial charge in [-0.25, -0.2) is 4.98 Å². The summed E-state index contributed by atoms with van der Waals surface area (Å²) in [7, 11) is 0. The van der Waals surface area contributed by atoms with Gasteiger partial charge in [0, 0.05) is 24.2 Å². The molecule has 0 unspecified atom stereocenters. The van der Waals surface area contributed by atoms with Gasteiger partial charge in [0.1, 0.15) is 17.1 Å². The fourth-order valence-corrected chi connectivity index (χ4v) is 3.80. The summed E-state index contributed by atoms with van der Waals surface area (Å²) in [6.45, 7) is 6.42. The van der Waals surface area contributed by atoms with Crippen LogP contribution in [0.1, 0.15) is 32.3 Å². The van der Waals surface area contributed by atoms with E-state index in [2.05, 4.69) is 36.2 Å². The van der Waals surface area contributed by atoms with Crippen LogP contribution in [0.2, 0.25) is 0 Å². The first-order valence-electron chi connectivity index (χ1n) is 10.8. The quantitative estimate of drug-likeness (QED) is 0.626. The summed E-state index contributed by atoms with van der Waals surface area (Å²) in [5.74, 6) is 2.21. The van der Waals surface area contributed by atoms with Gasteiger partial charge < -0.3 is 15.0 Å². The Labute approximate surface area is 178 Å². The molecule has 1 N–H and O–H groups in total. The number of benzene rings is 2. The van der Waals surface area contributed by atoms with Crippen molar-refractivity contribution < 1.29 is 9.53 Å². The summed E-state index contributed by atoms with van der Waals surface area (Å²) >= 11 is 0. The van der Waals surface area contributed by atoms with Crippen molar-refractivity contribution in [2.45, 2.75) is 33.1 Å². The van der Waals surface area contributed by atoms with E-state index >= 15 is 0 Å². The number of fused-ring (bicyclic) bond motifs is 1. The van der Waals surface area contributed by atoms with Crippen LogP contribution < -0.4 is 15.0 Å². The molecule has 3 aromatic rings. The Morgan fingerprint density at radius 1 is 1.10 bits per heavy atom. The highest BCUT2D eigenvalue weighted by atomic mass is 16.5. The van der Waals surface area contributed by atoms with Crippen molar-refractivity contribution in [1.82, 2.24) is 4.98 Å². The molecule has 1 aromatic heterocycles. The van der Waals surface area contributed by atoms with Crippen LogP contribution in [0.4, 0.5) is 11.5 Å². The summed E-state index contributed by atoms with van der Waals surface area (Å²) in [4.78, 5) is 19.6. The minimum Gasteiger partial charge on any atom is -0.481 e. The van der Waals surface area contributed by atoms with Crippen molar-refractivity contribution in [1.29, 1.82) is 0 Å². The first-order valence-corrected chi connectivity index (χ1v) is 10.8. The predicted octanol–water partition coefficient (Wildman–Crippen LogP) is 5.05. The molecule has 156 valence electrons. The lowest BCUT2D eigenvalue weighted by Crippen LogP contribution is -2.33. The summed E-state index contributed by atoms with van der Waals surface area (Å²) in [6, 6.07) is 17.9. The predicted molar refractivity (Wildman–Crippen MR) is 122 cm³/mol. The van der Waals surface area contributed by atoms with E-state index in [4.69, 9.17) is 9.72 Å². The third kappa shape index (κ3) is 4.73. The van der Waals surface area contributed by atoms with Crippen LogP contribution >= 0.6 is 0 Å². The van der Waals surface area contributed by atoms with Gasteiger partial charge in [0.2, 0.25) is 0 Å². The van der Waals surface area contributed by atoms with Crippen LogP contribution in [0.15, 0.2) is 54.6 Å². The van der Waals surface area contributed by atoms with Gasteiger partial charge in [-0.3, -0.25) is 4.79 Å². The molecule has 1 aliphatic rings. The normalized spacial score (nSPS) is 14.7. The van der Waals surface area contributed by atoms with E-state index in [0.717, 1.165) is 47.8 Å². The Morgan fingerprint density at radius 2 is 1.87 bits per heavy atom. The van der Waals surface area contributed by atoms with E-state index in [1.165, 1.54) is 18.4 Å². The number of nitrogens with one attached hydrogen (secondary N) is 1. The van der Waals surface area contributed by atoms with Crippen LogP contribution in [0.25, 0.3) is 10.9 Å². The van der Waals surface area contributed by atoms with Crippen LogP contribution in [0.3, 0.4) is 0 Å². The Balaban J connectivity index is 1.45. The van der Waals surface area contributed by atoms with Gasteiger partial charge >= 0.3 is 0 Å². The molecule has 1 saturated heterocycles. The first-order chi connectivity index (χ1) is 14.6. The monoisotopic (exact) mass is 403 g/mol. The van der Waals surface area contributed by atoms with Crippen LogP contribution in [-0.4, -0.2) is 30.6 Å². The summed E-state index contributed by atoms with van der Waals surface area (Å²) in [5, 5.41) is 3.90. The molecule has 1 fully saturated rings. The first kappa shape index (κ1) is 20.2. The molecule has 0 spiro atoms. The van der Waals surface area contributed by atoms with E-state index in [0.29, 0.717) is 5.75 Å². The van der Waals surface area contributed by atoms with Crippen LogP contribution in [0, 0.1) is 5.92 Å². The summed E-state index contributed by atoms with van der Waals surface area (Å²) in [6.07, 6.45) is 3.36. The Kier molecular flexibility index (Phi) is 6.17. The van der Waals surface area contributed by atoms with Crippen molar-refractivity contribution in [2.24, 2.45) is 5.92 Å². The number of carbonyl (C=O) groups excluding carboxylic acids is 1. The molecule has 1 amide bonds. The van der Waals surface area contributed by atoms with Gasteiger partial charge in [-0.15, -0.1) is 0 Å². The smallest absolute Gasteiger partial charge is 0.262 e. The van der Waals surface area contributed by atoms with Gasteiger partial charge in [0.25, 0.3) is 5.91 Å². The lowest BCUT2D eigenvalue weighted by atomic mass is 9.99. The largest absolute Gasteiger partial charge is 0.481 e. The minimum absolute atomic E-state index is 0.0538. The molecule has 0 radical (unpaired) electrons. The van der Waals surface area contributed by atoms with Gasteiger partial charge in [-0.2, -0.15) is 0 Å². The number of rotatable bonds is 6. The van der Waals surface area contributed by atoms with Crippen molar-refractivity contribution in [3.05, 3.63) is 60.2 Å².